The molecule has 0 bridgehead atoms. The van der Waals surface area contributed by atoms with E-state index in [0.29, 0.717) is 0 Å². The first-order valence-corrected chi connectivity index (χ1v) is 4.58. The second-order valence-corrected chi connectivity index (χ2v) is 4.49. The van der Waals surface area contributed by atoms with Crippen molar-refractivity contribution in [1.29, 1.82) is 0 Å². The number of thioether (sulfide) groups is 1. The summed E-state index contributed by atoms with van der Waals surface area (Å²) in [5.74, 6) is 4.67. The number of hydrazine groups is 1. The van der Waals surface area contributed by atoms with Gasteiger partial charge < -0.3 is 0 Å². The van der Waals surface area contributed by atoms with Gasteiger partial charge in [-0.25, -0.2) is 5.84 Å². The second kappa shape index (κ2) is 3.41. The topological polar surface area (TPSA) is 55.1 Å². The second-order valence-electron chi connectivity index (χ2n) is 1.85. The minimum atomic E-state index is -0.150. The fourth-order valence-corrected chi connectivity index (χ4v) is 2.26. The Kier molecular flexibility index (Phi) is 2.76. The Morgan fingerprint density at radius 2 is 2.50 bits per heavy atom. The number of halogens is 1. The third-order valence-electron chi connectivity index (χ3n) is 1.22. The molecule has 0 fully saturated rings. The van der Waals surface area contributed by atoms with E-state index < -0.39 is 0 Å². The molecule has 3 nitrogen and oxygen atoms in total. The van der Waals surface area contributed by atoms with Crippen molar-refractivity contribution in [1.82, 2.24) is 5.43 Å². The Morgan fingerprint density at radius 3 is 2.90 bits per heavy atom. The minimum absolute atomic E-state index is 0.130. The quantitative estimate of drug-likeness (QED) is 0.296. The molecule has 1 heterocycles. The average Bonchev–Trinajstić information content (AvgIpc) is 2.34. The highest BCUT2D eigenvalue weighted by Crippen LogP contribution is 2.33. The molecule has 1 rings (SSSR count). The molecule has 0 aromatic rings. The molecule has 2 unspecified atom stereocenters. The average molecular weight is 223 g/mol. The lowest BCUT2D eigenvalue weighted by molar-refractivity contribution is -0.123. The Labute approximate surface area is 71.5 Å². The molecule has 56 valence electrons. The Morgan fingerprint density at radius 1 is 1.80 bits per heavy atom. The number of amides is 1. The number of carbonyl (C=O) groups is 1. The predicted octanol–water partition coefficient (Wildman–Crippen LogP) is 0.574. The van der Waals surface area contributed by atoms with Crippen LogP contribution in [0.2, 0.25) is 0 Å². The van der Waals surface area contributed by atoms with Gasteiger partial charge in [0.1, 0.15) is 0 Å². The molecule has 10 heavy (non-hydrogen) atoms. The zero-order valence-corrected chi connectivity index (χ0v) is 7.48. The number of carbonyl (C=O) groups excluding carboxylic acids is 1. The van der Waals surface area contributed by atoms with E-state index in [1.165, 1.54) is 0 Å². The maximum absolute atomic E-state index is 10.9. The number of hydrogen-bond donors (Lipinski definition) is 2. The van der Waals surface area contributed by atoms with Gasteiger partial charge in [-0.2, -0.15) is 0 Å². The van der Waals surface area contributed by atoms with Crippen LogP contribution in [0.5, 0.6) is 0 Å². The van der Waals surface area contributed by atoms with Crippen LogP contribution in [-0.2, 0) is 4.79 Å². The zero-order chi connectivity index (χ0) is 7.56. The highest BCUT2D eigenvalue weighted by atomic mass is 79.9. The van der Waals surface area contributed by atoms with E-state index in [-0.39, 0.29) is 16.0 Å². The summed E-state index contributed by atoms with van der Waals surface area (Å²) in [7, 11) is 0. The summed E-state index contributed by atoms with van der Waals surface area (Å²) in [6, 6.07) is 0. The van der Waals surface area contributed by atoms with E-state index in [0.717, 1.165) is 0 Å². The molecule has 3 N–H and O–H groups in total. The van der Waals surface area contributed by atoms with Crippen LogP contribution in [-0.4, -0.2) is 10.1 Å². The van der Waals surface area contributed by atoms with Gasteiger partial charge in [0.25, 0.3) is 0 Å². The standard InChI is InChI=1S/C5H7BrN2OS/c6-4-3(1-2-10-4)5(9)8-7/h1-4H,7H2,(H,8,9). The number of alkyl halides is 1. The summed E-state index contributed by atoms with van der Waals surface area (Å²) in [6.45, 7) is 0. The van der Waals surface area contributed by atoms with Crippen molar-refractivity contribution < 1.29 is 4.79 Å². The lowest BCUT2D eigenvalue weighted by Crippen LogP contribution is -2.36. The number of nitrogens with two attached hydrogens (primary N) is 1. The van der Waals surface area contributed by atoms with Gasteiger partial charge >= 0.3 is 0 Å². The van der Waals surface area contributed by atoms with Crippen molar-refractivity contribution in [2.45, 2.75) is 4.16 Å². The van der Waals surface area contributed by atoms with Crippen molar-refractivity contribution in [3.05, 3.63) is 11.5 Å². The van der Waals surface area contributed by atoms with Crippen LogP contribution < -0.4 is 11.3 Å². The fraction of sp³-hybridized carbons (Fsp3) is 0.400. The molecular weight excluding hydrogens is 216 g/mol. The maximum Gasteiger partial charge on any atom is 0.242 e. The van der Waals surface area contributed by atoms with E-state index in [4.69, 9.17) is 5.84 Å². The van der Waals surface area contributed by atoms with E-state index in [1.807, 2.05) is 11.5 Å². The van der Waals surface area contributed by atoms with Gasteiger partial charge in [-0.05, 0) is 5.41 Å². The highest BCUT2D eigenvalue weighted by molar-refractivity contribution is 9.11. The lowest BCUT2D eigenvalue weighted by atomic mass is 10.2. The number of hydrogen-bond acceptors (Lipinski definition) is 3. The molecule has 1 aliphatic rings. The summed E-state index contributed by atoms with van der Waals surface area (Å²) in [5.41, 5.74) is 2.10. The molecule has 1 amide bonds. The molecular formula is C5H7BrN2OS. The van der Waals surface area contributed by atoms with Crippen LogP contribution in [0.3, 0.4) is 0 Å². The third kappa shape index (κ3) is 1.53. The van der Waals surface area contributed by atoms with E-state index in [9.17, 15) is 4.79 Å². The Hall–Kier alpha value is -0.000000000000000111. The Balaban J connectivity index is 2.55. The molecule has 0 radical (unpaired) electrons. The van der Waals surface area contributed by atoms with E-state index >= 15 is 0 Å². The first-order chi connectivity index (χ1) is 4.75. The molecule has 0 saturated heterocycles. The summed E-state index contributed by atoms with van der Waals surface area (Å²) < 4.78 is 0.135. The highest BCUT2D eigenvalue weighted by Gasteiger charge is 2.26. The third-order valence-corrected chi connectivity index (χ3v) is 3.31. The number of rotatable bonds is 1. The SMILES string of the molecule is NNC(=O)C1C=CSC1Br. The van der Waals surface area contributed by atoms with Crippen molar-refractivity contribution in [3.63, 3.8) is 0 Å². The van der Waals surface area contributed by atoms with Crippen molar-refractivity contribution in [3.8, 4) is 0 Å². The van der Waals surface area contributed by atoms with Gasteiger partial charge in [0, 0.05) is 0 Å². The summed E-state index contributed by atoms with van der Waals surface area (Å²) >= 11 is 4.90. The monoisotopic (exact) mass is 222 g/mol. The van der Waals surface area contributed by atoms with Gasteiger partial charge in [-0.15, -0.1) is 11.8 Å². The van der Waals surface area contributed by atoms with Crippen molar-refractivity contribution in [2.75, 3.05) is 0 Å². The lowest BCUT2D eigenvalue weighted by Gasteiger charge is -2.08. The van der Waals surface area contributed by atoms with Crippen LogP contribution in [0.4, 0.5) is 0 Å². The zero-order valence-electron chi connectivity index (χ0n) is 5.08. The molecule has 0 aromatic heterocycles. The van der Waals surface area contributed by atoms with Gasteiger partial charge in [0.05, 0.1) is 10.1 Å². The molecule has 0 aliphatic carbocycles. The van der Waals surface area contributed by atoms with E-state index in [2.05, 4.69) is 21.4 Å². The van der Waals surface area contributed by atoms with Crippen molar-refractivity contribution in [2.24, 2.45) is 11.8 Å². The molecule has 0 saturated carbocycles. The molecule has 2 atom stereocenters. The van der Waals surface area contributed by atoms with Crippen LogP contribution in [0.15, 0.2) is 11.5 Å². The van der Waals surface area contributed by atoms with Crippen LogP contribution in [0, 0.1) is 5.92 Å². The molecule has 5 heteroatoms. The fourth-order valence-electron chi connectivity index (χ4n) is 0.680. The first kappa shape index (κ1) is 8.10. The van der Waals surface area contributed by atoms with Crippen LogP contribution in [0.1, 0.15) is 0 Å². The minimum Gasteiger partial charge on any atom is -0.294 e. The van der Waals surface area contributed by atoms with Gasteiger partial charge in [-0.3, -0.25) is 10.2 Å². The first-order valence-electron chi connectivity index (χ1n) is 2.72. The van der Waals surface area contributed by atoms with E-state index in [1.54, 1.807) is 11.8 Å². The largest absolute Gasteiger partial charge is 0.294 e. The van der Waals surface area contributed by atoms with Gasteiger partial charge in [0.2, 0.25) is 5.91 Å². The van der Waals surface area contributed by atoms with Crippen molar-refractivity contribution >= 4 is 33.6 Å². The van der Waals surface area contributed by atoms with Crippen LogP contribution in [0.25, 0.3) is 0 Å². The van der Waals surface area contributed by atoms with Gasteiger partial charge in [0.15, 0.2) is 0 Å². The van der Waals surface area contributed by atoms with Crippen LogP contribution >= 0.6 is 27.7 Å². The number of nitrogens with one attached hydrogen (secondary N) is 1. The smallest absolute Gasteiger partial charge is 0.242 e. The summed E-state index contributed by atoms with van der Waals surface area (Å²) in [4.78, 5) is 10.9. The molecule has 0 aromatic carbocycles. The molecule has 0 spiro atoms. The normalized spacial score (nSPS) is 30.6. The predicted molar refractivity (Wildman–Crippen MR) is 45.3 cm³/mol. The maximum atomic E-state index is 10.9. The Bertz CT molecular complexity index is 173. The molecule has 1 aliphatic heterocycles. The summed E-state index contributed by atoms with van der Waals surface area (Å²) in [6.07, 6.45) is 1.83. The van der Waals surface area contributed by atoms with Gasteiger partial charge in [-0.1, -0.05) is 22.0 Å². The summed E-state index contributed by atoms with van der Waals surface area (Å²) in [5, 5.41) is 1.89.